The Balaban J connectivity index is 1.96. The van der Waals surface area contributed by atoms with E-state index in [0.29, 0.717) is 45.6 Å². The van der Waals surface area contributed by atoms with Gasteiger partial charge in [-0.25, -0.2) is 0 Å². The maximum atomic E-state index is 5.61. The Morgan fingerprint density at radius 1 is 0.762 bits per heavy atom. The third-order valence-electron chi connectivity index (χ3n) is 2.99. The fourth-order valence-corrected chi connectivity index (χ4v) is 1.75. The molecule has 0 aliphatic rings. The Labute approximate surface area is 128 Å². The van der Waals surface area contributed by atoms with Crippen LogP contribution in [0, 0.1) is 0 Å². The van der Waals surface area contributed by atoms with E-state index in [-0.39, 0.29) is 0 Å². The zero-order valence-electron chi connectivity index (χ0n) is 13.5. The quantitative estimate of drug-likeness (QED) is 0.555. The van der Waals surface area contributed by atoms with Crippen molar-refractivity contribution < 1.29 is 18.9 Å². The van der Waals surface area contributed by atoms with Gasteiger partial charge in [-0.3, -0.25) is 0 Å². The summed E-state index contributed by atoms with van der Waals surface area (Å²) in [5.41, 5.74) is 1.32. The first kappa shape index (κ1) is 18.0. The van der Waals surface area contributed by atoms with E-state index in [1.54, 1.807) is 0 Å². The minimum atomic E-state index is 0.546. The van der Waals surface area contributed by atoms with E-state index in [1.807, 2.05) is 19.1 Å². The lowest BCUT2D eigenvalue weighted by atomic mass is 10.0. The first-order valence-electron chi connectivity index (χ1n) is 7.70. The molecule has 0 aliphatic carbocycles. The van der Waals surface area contributed by atoms with Crippen LogP contribution in [0.15, 0.2) is 24.3 Å². The van der Waals surface area contributed by atoms with E-state index < -0.39 is 0 Å². The molecule has 0 bridgehead atoms. The molecule has 0 unspecified atom stereocenters. The van der Waals surface area contributed by atoms with Crippen LogP contribution < -0.4 is 4.74 Å². The third kappa shape index (κ3) is 8.71. The van der Waals surface area contributed by atoms with Gasteiger partial charge >= 0.3 is 0 Å². The molecule has 0 radical (unpaired) electrons. The monoisotopic (exact) mass is 296 g/mol. The molecular formula is C17H28O4. The van der Waals surface area contributed by atoms with Crippen LogP contribution in [0.25, 0.3) is 0 Å². The fraction of sp³-hybridized carbons (Fsp3) is 0.647. The Morgan fingerprint density at radius 3 is 1.81 bits per heavy atom. The number of ether oxygens (including phenoxy) is 4. The van der Waals surface area contributed by atoms with Crippen molar-refractivity contribution >= 4 is 0 Å². The highest BCUT2D eigenvalue weighted by Gasteiger charge is 1.99. The summed E-state index contributed by atoms with van der Waals surface area (Å²) in [7, 11) is 0. The molecule has 0 aliphatic heterocycles. The topological polar surface area (TPSA) is 36.9 Å². The Kier molecular flexibility index (Phi) is 9.87. The van der Waals surface area contributed by atoms with Crippen LogP contribution in [0.5, 0.6) is 5.75 Å². The van der Waals surface area contributed by atoms with Crippen LogP contribution >= 0.6 is 0 Å². The molecule has 1 aromatic rings. The molecule has 4 heteroatoms. The molecule has 21 heavy (non-hydrogen) atoms. The Morgan fingerprint density at radius 2 is 1.29 bits per heavy atom. The molecule has 0 saturated heterocycles. The van der Waals surface area contributed by atoms with E-state index in [1.165, 1.54) is 5.56 Å². The molecular weight excluding hydrogens is 268 g/mol. The number of hydrogen-bond donors (Lipinski definition) is 0. The van der Waals surface area contributed by atoms with E-state index in [0.717, 1.165) is 12.4 Å². The van der Waals surface area contributed by atoms with Gasteiger partial charge in [0.1, 0.15) is 12.4 Å². The van der Waals surface area contributed by atoms with Crippen molar-refractivity contribution in [3.63, 3.8) is 0 Å². The maximum absolute atomic E-state index is 5.61. The SMILES string of the molecule is CCOCCOCCOCCOc1ccc(C(C)C)cc1. The van der Waals surface area contributed by atoms with Crippen molar-refractivity contribution in [1.29, 1.82) is 0 Å². The molecule has 1 aromatic carbocycles. The zero-order chi connectivity index (χ0) is 15.3. The van der Waals surface area contributed by atoms with Crippen molar-refractivity contribution in [1.82, 2.24) is 0 Å². The lowest BCUT2D eigenvalue weighted by Gasteiger charge is -2.09. The van der Waals surface area contributed by atoms with Gasteiger partial charge in [0.15, 0.2) is 0 Å². The number of rotatable bonds is 12. The zero-order valence-corrected chi connectivity index (χ0v) is 13.5. The molecule has 0 saturated carbocycles. The standard InChI is InChI=1S/C17H28O4/c1-4-18-9-10-19-11-12-20-13-14-21-17-7-5-16(6-8-17)15(2)3/h5-8,15H,4,9-14H2,1-3H3. The van der Waals surface area contributed by atoms with Gasteiger partial charge in [-0.15, -0.1) is 0 Å². The number of hydrogen-bond acceptors (Lipinski definition) is 4. The lowest BCUT2D eigenvalue weighted by Crippen LogP contribution is -2.12. The van der Waals surface area contributed by atoms with Gasteiger partial charge in [0.05, 0.1) is 33.0 Å². The first-order chi connectivity index (χ1) is 10.2. The van der Waals surface area contributed by atoms with E-state index in [2.05, 4.69) is 26.0 Å². The summed E-state index contributed by atoms with van der Waals surface area (Å²) in [6.45, 7) is 10.6. The Bertz CT molecular complexity index is 348. The molecule has 0 fully saturated rings. The highest BCUT2D eigenvalue weighted by Crippen LogP contribution is 2.18. The smallest absolute Gasteiger partial charge is 0.119 e. The van der Waals surface area contributed by atoms with Gasteiger partial charge in [0, 0.05) is 6.61 Å². The summed E-state index contributed by atoms with van der Waals surface area (Å²) in [5, 5.41) is 0. The summed E-state index contributed by atoms with van der Waals surface area (Å²) in [4.78, 5) is 0. The minimum Gasteiger partial charge on any atom is -0.491 e. The fourth-order valence-electron chi connectivity index (χ4n) is 1.75. The highest BCUT2D eigenvalue weighted by molar-refractivity contribution is 5.28. The summed E-state index contributed by atoms with van der Waals surface area (Å²) in [6.07, 6.45) is 0. The van der Waals surface area contributed by atoms with Crippen LogP contribution in [0.4, 0.5) is 0 Å². The van der Waals surface area contributed by atoms with Gasteiger partial charge in [-0.05, 0) is 30.5 Å². The van der Waals surface area contributed by atoms with Crippen LogP contribution in [0.1, 0.15) is 32.3 Å². The maximum Gasteiger partial charge on any atom is 0.119 e. The normalized spacial score (nSPS) is 11.0. The molecule has 0 aromatic heterocycles. The van der Waals surface area contributed by atoms with Gasteiger partial charge in [0.25, 0.3) is 0 Å². The molecule has 0 heterocycles. The second-order valence-corrected chi connectivity index (χ2v) is 4.99. The van der Waals surface area contributed by atoms with Gasteiger partial charge in [0.2, 0.25) is 0 Å². The summed E-state index contributed by atoms with van der Waals surface area (Å²) in [5.74, 6) is 1.43. The van der Waals surface area contributed by atoms with Crippen molar-refractivity contribution in [2.24, 2.45) is 0 Å². The largest absolute Gasteiger partial charge is 0.491 e. The third-order valence-corrected chi connectivity index (χ3v) is 2.99. The average Bonchev–Trinajstić information content (AvgIpc) is 2.49. The van der Waals surface area contributed by atoms with Crippen LogP contribution in [0.2, 0.25) is 0 Å². The van der Waals surface area contributed by atoms with E-state index >= 15 is 0 Å². The molecule has 4 nitrogen and oxygen atoms in total. The predicted octanol–water partition coefficient (Wildman–Crippen LogP) is 3.26. The Hall–Kier alpha value is -1.10. The summed E-state index contributed by atoms with van der Waals surface area (Å²) >= 11 is 0. The minimum absolute atomic E-state index is 0.546. The molecule has 0 atom stereocenters. The second-order valence-electron chi connectivity index (χ2n) is 4.99. The van der Waals surface area contributed by atoms with E-state index in [4.69, 9.17) is 18.9 Å². The first-order valence-corrected chi connectivity index (χ1v) is 7.70. The van der Waals surface area contributed by atoms with Crippen molar-refractivity contribution in [3.05, 3.63) is 29.8 Å². The van der Waals surface area contributed by atoms with E-state index in [9.17, 15) is 0 Å². The molecule has 0 N–H and O–H groups in total. The summed E-state index contributed by atoms with van der Waals surface area (Å²) < 4.78 is 21.6. The second kappa shape index (κ2) is 11.5. The van der Waals surface area contributed by atoms with Crippen molar-refractivity contribution in [2.75, 3.05) is 46.2 Å². The van der Waals surface area contributed by atoms with Gasteiger partial charge in [-0.1, -0.05) is 26.0 Å². The lowest BCUT2D eigenvalue weighted by molar-refractivity contribution is 0.0114. The summed E-state index contributed by atoms with van der Waals surface area (Å²) in [6, 6.07) is 8.22. The highest BCUT2D eigenvalue weighted by atomic mass is 16.6. The van der Waals surface area contributed by atoms with Crippen LogP contribution in [-0.4, -0.2) is 46.2 Å². The van der Waals surface area contributed by atoms with Gasteiger partial charge in [-0.2, -0.15) is 0 Å². The molecule has 0 spiro atoms. The van der Waals surface area contributed by atoms with Crippen molar-refractivity contribution in [2.45, 2.75) is 26.7 Å². The van der Waals surface area contributed by atoms with Crippen LogP contribution in [0.3, 0.4) is 0 Å². The van der Waals surface area contributed by atoms with Gasteiger partial charge < -0.3 is 18.9 Å². The molecule has 120 valence electrons. The molecule has 0 amide bonds. The van der Waals surface area contributed by atoms with Crippen molar-refractivity contribution in [3.8, 4) is 5.75 Å². The predicted molar refractivity (Wildman–Crippen MR) is 84.2 cm³/mol. The molecule has 1 rings (SSSR count). The van der Waals surface area contributed by atoms with Crippen LogP contribution in [-0.2, 0) is 14.2 Å². The number of benzene rings is 1. The average molecular weight is 296 g/mol.